The summed E-state index contributed by atoms with van der Waals surface area (Å²) in [5, 5.41) is 2.54. The maximum absolute atomic E-state index is 13.3. The van der Waals surface area contributed by atoms with Crippen molar-refractivity contribution in [2.24, 2.45) is 0 Å². The van der Waals surface area contributed by atoms with Crippen molar-refractivity contribution in [1.82, 2.24) is 0 Å². The Kier molecular flexibility index (Phi) is 3.85. The monoisotopic (exact) mass is 265 g/mol. The molecule has 0 saturated heterocycles. The Bertz CT molecular complexity index is 613. The fourth-order valence-corrected chi connectivity index (χ4v) is 1.59. The third-order valence-electron chi connectivity index (χ3n) is 2.54. The largest absolute Gasteiger partial charge is 0.375 e. The van der Waals surface area contributed by atoms with Crippen LogP contribution in [0.15, 0.2) is 42.5 Å². The van der Waals surface area contributed by atoms with E-state index in [9.17, 15) is 18.0 Å². The molecular formula is C14H10F3NO. The lowest BCUT2D eigenvalue weighted by molar-refractivity contribution is 0.100. The van der Waals surface area contributed by atoms with E-state index in [1.54, 1.807) is 6.07 Å². The van der Waals surface area contributed by atoms with Crippen LogP contribution < -0.4 is 5.32 Å². The van der Waals surface area contributed by atoms with Crippen molar-refractivity contribution in [3.05, 3.63) is 65.5 Å². The maximum Gasteiger partial charge on any atom is 0.184 e. The molecule has 2 aromatic rings. The summed E-state index contributed by atoms with van der Waals surface area (Å²) in [5.74, 6) is -2.67. The summed E-state index contributed by atoms with van der Waals surface area (Å²) in [4.78, 5) is 11.7. The molecule has 0 bridgehead atoms. The summed E-state index contributed by atoms with van der Waals surface area (Å²) in [6, 6.07) is 8.41. The topological polar surface area (TPSA) is 29.1 Å². The van der Waals surface area contributed by atoms with Gasteiger partial charge in [0.15, 0.2) is 5.78 Å². The van der Waals surface area contributed by atoms with Gasteiger partial charge < -0.3 is 5.32 Å². The van der Waals surface area contributed by atoms with Crippen molar-refractivity contribution in [2.75, 3.05) is 11.9 Å². The van der Waals surface area contributed by atoms with Gasteiger partial charge in [0.05, 0.1) is 17.8 Å². The number of carbonyl (C=O) groups excluding carboxylic acids is 1. The minimum absolute atomic E-state index is 0.132. The zero-order valence-corrected chi connectivity index (χ0v) is 9.79. The third-order valence-corrected chi connectivity index (χ3v) is 2.54. The molecule has 5 heteroatoms. The lowest BCUT2D eigenvalue weighted by atomic mass is 10.1. The maximum atomic E-state index is 13.3. The van der Waals surface area contributed by atoms with Crippen LogP contribution in [0.1, 0.15) is 10.4 Å². The molecule has 2 nitrogen and oxygen atoms in total. The Morgan fingerprint density at radius 2 is 1.74 bits per heavy atom. The second-order valence-corrected chi connectivity index (χ2v) is 3.88. The summed E-state index contributed by atoms with van der Waals surface area (Å²) in [5.41, 5.74) is -0.225. The van der Waals surface area contributed by atoms with Crippen LogP contribution in [0.4, 0.5) is 18.9 Å². The molecule has 0 spiro atoms. The number of halogens is 3. The molecule has 0 heterocycles. The summed E-state index contributed by atoms with van der Waals surface area (Å²) >= 11 is 0. The number of hydrogen-bond donors (Lipinski definition) is 1. The summed E-state index contributed by atoms with van der Waals surface area (Å²) < 4.78 is 39.5. The second kappa shape index (κ2) is 5.56. The summed E-state index contributed by atoms with van der Waals surface area (Å²) in [6.07, 6.45) is 0. The van der Waals surface area contributed by atoms with Gasteiger partial charge in [-0.25, -0.2) is 13.2 Å². The van der Waals surface area contributed by atoms with Gasteiger partial charge in [-0.2, -0.15) is 0 Å². The van der Waals surface area contributed by atoms with Crippen LogP contribution in [-0.4, -0.2) is 12.3 Å². The van der Waals surface area contributed by atoms with Crippen LogP contribution in [0, 0.1) is 17.5 Å². The molecule has 0 saturated carbocycles. The number of hydrogen-bond acceptors (Lipinski definition) is 2. The average Bonchev–Trinajstić information content (AvgIpc) is 2.40. The van der Waals surface area contributed by atoms with Crippen LogP contribution in [-0.2, 0) is 0 Å². The van der Waals surface area contributed by atoms with E-state index in [4.69, 9.17) is 0 Å². The molecule has 19 heavy (non-hydrogen) atoms. The Hall–Kier alpha value is -2.30. The zero-order chi connectivity index (χ0) is 13.8. The molecule has 0 aliphatic rings. The van der Waals surface area contributed by atoms with E-state index in [-0.39, 0.29) is 17.8 Å². The number of Topliss-reactive ketones (excluding diaryl/α,β-unsaturated/α-hetero) is 1. The van der Waals surface area contributed by atoms with Crippen molar-refractivity contribution in [2.45, 2.75) is 0 Å². The van der Waals surface area contributed by atoms with E-state index in [2.05, 4.69) is 5.32 Å². The van der Waals surface area contributed by atoms with Crippen molar-refractivity contribution in [3.8, 4) is 0 Å². The van der Waals surface area contributed by atoms with Crippen LogP contribution in [0.5, 0.6) is 0 Å². The molecule has 1 N–H and O–H groups in total. The molecule has 2 rings (SSSR count). The molecular weight excluding hydrogens is 255 g/mol. The minimum Gasteiger partial charge on any atom is -0.375 e. The lowest BCUT2D eigenvalue weighted by Gasteiger charge is -2.07. The van der Waals surface area contributed by atoms with Crippen LogP contribution in [0.3, 0.4) is 0 Å². The molecule has 0 unspecified atom stereocenters. The SMILES string of the molecule is O=C(CNc1ccccc1F)c1cc(F)ccc1F. The number of ketones is 1. The van der Waals surface area contributed by atoms with Crippen molar-refractivity contribution in [3.63, 3.8) is 0 Å². The van der Waals surface area contributed by atoms with E-state index in [1.807, 2.05) is 0 Å². The van der Waals surface area contributed by atoms with Gasteiger partial charge in [0.25, 0.3) is 0 Å². The normalized spacial score (nSPS) is 10.3. The van der Waals surface area contributed by atoms with E-state index in [1.165, 1.54) is 18.2 Å². The Morgan fingerprint density at radius 3 is 2.47 bits per heavy atom. The highest BCUT2D eigenvalue weighted by molar-refractivity contribution is 5.99. The van der Waals surface area contributed by atoms with Crippen LogP contribution in [0.25, 0.3) is 0 Å². The van der Waals surface area contributed by atoms with E-state index < -0.39 is 23.2 Å². The van der Waals surface area contributed by atoms with Gasteiger partial charge in [-0.3, -0.25) is 4.79 Å². The number of para-hydroxylation sites is 1. The number of nitrogens with one attached hydrogen (secondary N) is 1. The molecule has 0 aliphatic heterocycles. The van der Waals surface area contributed by atoms with Crippen molar-refractivity contribution in [1.29, 1.82) is 0 Å². The fourth-order valence-electron chi connectivity index (χ4n) is 1.59. The standard InChI is InChI=1S/C14H10F3NO/c15-9-5-6-11(16)10(7-9)14(19)8-18-13-4-2-1-3-12(13)17/h1-7,18H,8H2. The van der Waals surface area contributed by atoms with Gasteiger partial charge in [0, 0.05) is 0 Å². The predicted octanol–water partition coefficient (Wildman–Crippen LogP) is 3.40. The quantitative estimate of drug-likeness (QED) is 0.858. The van der Waals surface area contributed by atoms with Gasteiger partial charge in [0.2, 0.25) is 0 Å². The predicted molar refractivity (Wildman–Crippen MR) is 65.6 cm³/mol. The fraction of sp³-hybridized carbons (Fsp3) is 0.0714. The summed E-state index contributed by atoms with van der Waals surface area (Å²) in [7, 11) is 0. The third kappa shape index (κ3) is 3.13. The van der Waals surface area contributed by atoms with E-state index >= 15 is 0 Å². The number of benzene rings is 2. The highest BCUT2D eigenvalue weighted by Crippen LogP contribution is 2.14. The molecule has 0 aliphatic carbocycles. The molecule has 2 aromatic carbocycles. The van der Waals surface area contributed by atoms with Crippen LogP contribution >= 0.6 is 0 Å². The number of rotatable bonds is 4. The molecule has 0 fully saturated rings. The average molecular weight is 265 g/mol. The molecule has 0 atom stereocenters. The van der Waals surface area contributed by atoms with Crippen LogP contribution in [0.2, 0.25) is 0 Å². The van der Waals surface area contributed by atoms with Gasteiger partial charge >= 0.3 is 0 Å². The highest BCUT2D eigenvalue weighted by atomic mass is 19.1. The number of carbonyl (C=O) groups is 1. The van der Waals surface area contributed by atoms with E-state index in [0.717, 1.165) is 18.2 Å². The first-order valence-electron chi connectivity index (χ1n) is 5.54. The molecule has 0 aromatic heterocycles. The second-order valence-electron chi connectivity index (χ2n) is 3.88. The molecule has 0 amide bonds. The van der Waals surface area contributed by atoms with Gasteiger partial charge in [-0.15, -0.1) is 0 Å². The Labute approximate surface area is 107 Å². The smallest absolute Gasteiger partial charge is 0.184 e. The van der Waals surface area contributed by atoms with Gasteiger partial charge in [0.1, 0.15) is 17.5 Å². The Balaban J connectivity index is 2.10. The Morgan fingerprint density at radius 1 is 1.00 bits per heavy atom. The first-order valence-corrected chi connectivity index (χ1v) is 5.54. The number of anilines is 1. The first-order chi connectivity index (χ1) is 9.08. The summed E-state index contributed by atoms with van der Waals surface area (Å²) in [6.45, 7) is -0.318. The zero-order valence-electron chi connectivity index (χ0n) is 9.79. The lowest BCUT2D eigenvalue weighted by Crippen LogP contribution is -2.16. The van der Waals surface area contributed by atoms with E-state index in [0.29, 0.717) is 0 Å². The van der Waals surface area contributed by atoms with Crippen molar-refractivity contribution < 1.29 is 18.0 Å². The minimum atomic E-state index is -0.804. The molecule has 98 valence electrons. The highest BCUT2D eigenvalue weighted by Gasteiger charge is 2.13. The van der Waals surface area contributed by atoms with Gasteiger partial charge in [-0.1, -0.05) is 12.1 Å². The van der Waals surface area contributed by atoms with Crippen molar-refractivity contribution >= 4 is 11.5 Å². The first kappa shape index (κ1) is 13.1. The molecule has 0 radical (unpaired) electrons. The van der Waals surface area contributed by atoms with Gasteiger partial charge in [-0.05, 0) is 30.3 Å².